The summed E-state index contributed by atoms with van der Waals surface area (Å²) in [5, 5.41) is 8.37. The van der Waals surface area contributed by atoms with Crippen molar-refractivity contribution >= 4 is 0 Å². The standard InChI is InChI=1S/C6H12F3NO/c7-1-2-10(3-4-11)5-6(8)9/h6,11H,1-5H2. The molecule has 2 nitrogen and oxygen atoms in total. The Balaban J connectivity index is 3.50. The van der Waals surface area contributed by atoms with Crippen molar-refractivity contribution in [2.75, 3.05) is 32.9 Å². The van der Waals surface area contributed by atoms with Crippen molar-refractivity contribution in [1.82, 2.24) is 4.90 Å². The molecule has 0 saturated carbocycles. The van der Waals surface area contributed by atoms with Crippen molar-refractivity contribution in [1.29, 1.82) is 0 Å². The molecule has 0 radical (unpaired) electrons. The number of hydrogen-bond acceptors (Lipinski definition) is 2. The van der Waals surface area contributed by atoms with Crippen molar-refractivity contribution in [3.63, 3.8) is 0 Å². The second-order valence-corrected chi connectivity index (χ2v) is 2.10. The molecule has 0 aliphatic heterocycles. The molecule has 0 spiro atoms. The van der Waals surface area contributed by atoms with Gasteiger partial charge in [0.15, 0.2) is 0 Å². The molecule has 0 saturated heterocycles. The molecule has 0 bridgehead atoms. The maximum absolute atomic E-state index is 11.7. The van der Waals surface area contributed by atoms with E-state index in [0.717, 1.165) is 0 Å². The van der Waals surface area contributed by atoms with Crippen molar-refractivity contribution < 1.29 is 18.3 Å². The predicted octanol–water partition coefficient (Wildman–Crippen LogP) is 0.515. The third-order valence-electron chi connectivity index (χ3n) is 1.21. The predicted molar refractivity (Wildman–Crippen MR) is 35.5 cm³/mol. The van der Waals surface area contributed by atoms with Crippen molar-refractivity contribution in [3.8, 4) is 0 Å². The molecule has 68 valence electrons. The molecule has 0 aromatic heterocycles. The van der Waals surface area contributed by atoms with Crippen LogP contribution in [-0.2, 0) is 0 Å². The van der Waals surface area contributed by atoms with Gasteiger partial charge in [-0.2, -0.15) is 0 Å². The Morgan fingerprint density at radius 2 is 1.91 bits per heavy atom. The average molecular weight is 171 g/mol. The van der Waals surface area contributed by atoms with Gasteiger partial charge in [-0.25, -0.2) is 13.2 Å². The molecule has 11 heavy (non-hydrogen) atoms. The van der Waals surface area contributed by atoms with Crippen LogP contribution in [0.25, 0.3) is 0 Å². The highest BCUT2D eigenvalue weighted by Crippen LogP contribution is 1.97. The molecule has 0 amide bonds. The zero-order valence-electron chi connectivity index (χ0n) is 6.14. The fourth-order valence-corrected chi connectivity index (χ4v) is 0.751. The summed E-state index contributed by atoms with van der Waals surface area (Å²) >= 11 is 0. The molecular weight excluding hydrogens is 159 g/mol. The second-order valence-electron chi connectivity index (χ2n) is 2.10. The minimum atomic E-state index is -2.46. The van der Waals surface area contributed by atoms with Gasteiger partial charge in [-0.3, -0.25) is 4.90 Å². The van der Waals surface area contributed by atoms with E-state index >= 15 is 0 Å². The number of nitrogens with zero attached hydrogens (tertiary/aromatic N) is 1. The Bertz CT molecular complexity index is 85.9. The fourth-order valence-electron chi connectivity index (χ4n) is 0.751. The summed E-state index contributed by atoms with van der Waals surface area (Å²) in [7, 11) is 0. The normalized spacial score (nSPS) is 11.5. The Hall–Kier alpha value is -0.290. The van der Waals surface area contributed by atoms with Crippen molar-refractivity contribution in [2.45, 2.75) is 6.43 Å². The van der Waals surface area contributed by atoms with Gasteiger partial charge in [-0.05, 0) is 0 Å². The van der Waals surface area contributed by atoms with E-state index in [1.807, 2.05) is 0 Å². The van der Waals surface area contributed by atoms with E-state index in [9.17, 15) is 13.2 Å². The van der Waals surface area contributed by atoms with Crippen LogP contribution < -0.4 is 0 Å². The smallest absolute Gasteiger partial charge is 0.251 e. The molecular formula is C6H12F3NO. The highest BCUT2D eigenvalue weighted by molar-refractivity contribution is 4.57. The number of aliphatic hydroxyl groups is 1. The summed E-state index contributed by atoms with van der Waals surface area (Å²) in [6.07, 6.45) is -2.46. The van der Waals surface area contributed by atoms with Gasteiger partial charge in [0, 0.05) is 13.1 Å². The minimum Gasteiger partial charge on any atom is -0.395 e. The topological polar surface area (TPSA) is 23.5 Å². The van der Waals surface area contributed by atoms with Gasteiger partial charge in [0.1, 0.15) is 6.67 Å². The van der Waals surface area contributed by atoms with Crippen LogP contribution in [0.2, 0.25) is 0 Å². The Kier molecular flexibility index (Phi) is 6.25. The lowest BCUT2D eigenvalue weighted by molar-refractivity contribution is 0.0753. The summed E-state index contributed by atoms with van der Waals surface area (Å²) in [6, 6.07) is 0. The summed E-state index contributed by atoms with van der Waals surface area (Å²) in [6.45, 7) is -1.27. The number of halogens is 3. The van der Waals surface area contributed by atoms with Crippen molar-refractivity contribution in [3.05, 3.63) is 0 Å². The van der Waals surface area contributed by atoms with Crippen LogP contribution >= 0.6 is 0 Å². The lowest BCUT2D eigenvalue weighted by Gasteiger charge is -2.18. The lowest BCUT2D eigenvalue weighted by atomic mass is 10.4. The van der Waals surface area contributed by atoms with E-state index in [4.69, 9.17) is 5.11 Å². The SMILES string of the molecule is OCCN(CCF)CC(F)F. The molecule has 0 atom stereocenters. The third-order valence-corrected chi connectivity index (χ3v) is 1.21. The summed E-state index contributed by atoms with van der Waals surface area (Å²) < 4.78 is 35.0. The first-order valence-corrected chi connectivity index (χ1v) is 3.38. The van der Waals surface area contributed by atoms with Crippen LogP contribution in [0.3, 0.4) is 0 Å². The zero-order valence-corrected chi connectivity index (χ0v) is 6.14. The molecule has 0 rings (SSSR count). The van der Waals surface area contributed by atoms with Gasteiger partial charge in [0.05, 0.1) is 13.2 Å². The van der Waals surface area contributed by atoms with Crippen LogP contribution in [0.1, 0.15) is 0 Å². The van der Waals surface area contributed by atoms with Crippen LogP contribution in [0, 0.1) is 0 Å². The molecule has 0 aliphatic rings. The van der Waals surface area contributed by atoms with Gasteiger partial charge < -0.3 is 5.11 Å². The molecule has 0 aromatic rings. The highest BCUT2D eigenvalue weighted by atomic mass is 19.3. The first kappa shape index (κ1) is 10.7. The second kappa shape index (κ2) is 6.42. The van der Waals surface area contributed by atoms with E-state index in [2.05, 4.69) is 0 Å². The van der Waals surface area contributed by atoms with Gasteiger partial charge >= 0.3 is 0 Å². The number of alkyl halides is 3. The number of aliphatic hydroxyl groups excluding tert-OH is 1. The molecule has 0 heterocycles. The summed E-state index contributed by atoms with van der Waals surface area (Å²) in [4.78, 5) is 1.19. The molecule has 0 aliphatic carbocycles. The number of rotatable bonds is 6. The van der Waals surface area contributed by atoms with E-state index in [1.54, 1.807) is 0 Å². The first-order chi connectivity index (χ1) is 5.20. The third kappa shape index (κ3) is 6.12. The minimum absolute atomic E-state index is 0.0368. The Labute approximate surface area is 63.6 Å². The fraction of sp³-hybridized carbons (Fsp3) is 1.00. The molecule has 0 aromatic carbocycles. The van der Waals surface area contributed by atoms with Gasteiger partial charge in [-0.15, -0.1) is 0 Å². The maximum Gasteiger partial charge on any atom is 0.251 e. The Morgan fingerprint density at radius 3 is 2.27 bits per heavy atom. The maximum atomic E-state index is 11.7. The van der Waals surface area contributed by atoms with Gasteiger partial charge in [-0.1, -0.05) is 0 Å². The molecule has 0 unspecified atom stereocenters. The molecule has 1 N–H and O–H groups in total. The summed E-state index contributed by atoms with van der Waals surface area (Å²) in [5.41, 5.74) is 0. The van der Waals surface area contributed by atoms with Crippen LogP contribution in [0.4, 0.5) is 13.2 Å². The quantitative estimate of drug-likeness (QED) is 0.629. The largest absolute Gasteiger partial charge is 0.395 e. The number of hydrogen-bond donors (Lipinski definition) is 1. The monoisotopic (exact) mass is 171 g/mol. The lowest BCUT2D eigenvalue weighted by Crippen LogP contribution is -2.33. The molecule has 0 fully saturated rings. The Morgan fingerprint density at radius 1 is 1.27 bits per heavy atom. The summed E-state index contributed by atoms with van der Waals surface area (Å²) in [5.74, 6) is 0. The highest BCUT2D eigenvalue weighted by Gasteiger charge is 2.10. The van der Waals surface area contributed by atoms with Crippen LogP contribution in [-0.4, -0.2) is 49.3 Å². The van der Waals surface area contributed by atoms with Crippen LogP contribution in [0.15, 0.2) is 0 Å². The van der Waals surface area contributed by atoms with E-state index in [1.165, 1.54) is 4.90 Å². The van der Waals surface area contributed by atoms with E-state index < -0.39 is 19.6 Å². The van der Waals surface area contributed by atoms with Gasteiger partial charge in [0.2, 0.25) is 0 Å². The zero-order chi connectivity index (χ0) is 8.69. The first-order valence-electron chi connectivity index (χ1n) is 3.38. The van der Waals surface area contributed by atoms with Gasteiger partial charge in [0.25, 0.3) is 6.43 Å². The van der Waals surface area contributed by atoms with Crippen LogP contribution in [0.5, 0.6) is 0 Å². The van der Waals surface area contributed by atoms with E-state index in [0.29, 0.717) is 0 Å². The average Bonchev–Trinajstić information content (AvgIpc) is 1.87. The van der Waals surface area contributed by atoms with Crippen molar-refractivity contribution in [2.24, 2.45) is 0 Å². The molecule has 5 heteroatoms. The van der Waals surface area contributed by atoms with E-state index in [-0.39, 0.29) is 19.7 Å².